The summed E-state index contributed by atoms with van der Waals surface area (Å²) in [6, 6.07) is 9.07. The summed E-state index contributed by atoms with van der Waals surface area (Å²) in [6.07, 6.45) is 3.32. The van der Waals surface area contributed by atoms with Crippen molar-refractivity contribution >= 4 is 17.5 Å². The molecule has 2 amide bonds. The van der Waals surface area contributed by atoms with Gasteiger partial charge in [-0.25, -0.2) is 5.84 Å². The van der Waals surface area contributed by atoms with Gasteiger partial charge in [-0.05, 0) is 25.0 Å². The number of aryl methyl sites for hydroxylation is 2. The summed E-state index contributed by atoms with van der Waals surface area (Å²) in [6.45, 7) is 4.07. The quantitative estimate of drug-likeness (QED) is 0.338. The molecule has 0 atom stereocenters. The predicted octanol–water partition coefficient (Wildman–Crippen LogP) is 0.833. The van der Waals surface area contributed by atoms with E-state index in [0.717, 1.165) is 16.8 Å². The van der Waals surface area contributed by atoms with E-state index in [1.807, 2.05) is 32.0 Å². The highest BCUT2D eigenvalue weighted by molar-refractivity contribution is 5.93. The van der Waals surface area contributed by atoms with Crippen molar-refractivity contribution in [2.24, 2.45) is 5.84 Å². The van der Waals surface area contributed by atoms with E-state index in [0.29, 0.717) is 5.56 Å². The van der Waals surface area contributed by atoms with Crippen LogP contribution in [0.4, 0.5) is 5.69 Å². The smallest absolute Gasteiger partial charge is 0.290 e. The summed E-state index contributed by atoms with van der Waals surface area (Å²) in [7, 11) is 0. The van der Waals surface area contributed by atoms with Crippen LogP contribution in [0.3, 0.4) is 0 Å². The zero-order valence-corrected chi connectivity index (χ0v) is 12.6. The van der Waals surface area contributed by atoms with Crippen LogP contribution in [0.1, 0.15) is 21.5 Å². The highest BCUT2D eigenvalue weighted by Gasteiger charge is 2.13. The number of benzene rings is 1. The number of rotatable bonds is 4. The normalized spacial score (nSPS) is 10.1. The van der Waals surface area contributed by atoms with Crippen molar-refractivity contribution in [3.8, 4) is 0 Å². The number of nitrogens with two attached hydrogens (primary N) is 1. The first-order valence-electron chi connectivity index (χ1n) is 6.87. The van der Waals surface area contributed by atoms with Gasteiger partial charge in [-0.3, -0.25) is 15.0 Å². The van der Waals surface area contributed by atoms with E-state index in [1.54, 1.807) is 29.1 Å². The Bertz CT molecular complexity index is 676. The van der Waals surface area contributed by atoms with Gasteiger partial charge in [-0.15, -0.1) is 0 Å². The molecule has 0 saturated carbocycles. The predicted molar refractivity (Wildman–Crippen MR) is 82.8 cm³/mol. The van der Waals surface area contributed by atoms with Gasteiger partial charge in [0.1, 0.15) is 0 Å². The van der Waals surface area contributed by atoms with E-state index < -0.39 is 0 Å². The number of nitrogens with one attached hydrogen (secondary N) is 2. The fourth-order valence-electron chi connectivity index (χ4n) is 2.15. The van der Waals surface area contributed by atoms with E-state index in [9.17, 15) is 9.59 Å². The lowest BCUT2D eigenvalue weighted by molar-refractivity contribution is -0.684. The number of nitrogen functional groups attached to an aromatic ring is 1. The lowest BCUT2D eigenvalue weighted by Gasteiger charge is -2.10. The van der Waals surface area contributed by atoms with Crippen molar-refractivity contribution in [3.05, 3.63) is 59.4 Å². The van der Waals surface area contributed by atoms with Crippen molar-refractivity contribution in [3.63, 3.8) is 0 Å². The fraction of sp³-hybridized carbons (Fsp3) is 0.188. The van der Waals surface area contributed by atoms with Crippen LogP contribution in [-0.2, 0) is 11.3 Å². The number of aromatic nitrogens is 1. The molecule has 0 bridgehead atoms. The molecule has 0 fully saturated rings. The fourth-order valence-corrected chi connectivity index (χ4v) is 2.15. The van der Waals surface area contributed by atoms with Crippen LogP contribution < -0.4 is 21.2 Å². The Morgan fingerprint density at radius 1 is 1.09 bits per heavy atom. The first kappa shape index (κ1) is 15.7. The highest BCUT2D eigenvalue weighted by Crippen LogP contribution is 2.19. The van der Waals surface area contributed by atoms with E-state index in [1.165, 1.54) is 0 Å². The Morgan fingerprint density at radius 2 is 1.68 bits per heavy atom. The second-order valence-corrected chi connectivity index (χ2v) is 5.05. The van der Waals surface area contributed by atoms with E-state index in [-0.39, 0.29) is 18.4 Å². The van der Waals surface area contributed by atoms with E-state index >= 15 is 0 Å². The van der Waals surface area contributed by atoms with Gasteiger partial charge in [0.2, 0.25) is 6.54 Å². The van der Waals surface area contributed by atoms with Crippen LogP contribution in [0.25, 0.3) is 0 Å². The van der Waals surface area contributed by atoms with Gasteiger partial charge in [-0.1, -0.05) is 18.2 Å². The maximum absolute atomic E-state index is 12.1. The third-order valence-electron chi connectivity index (χ3n) is 3.36. The minimum atomic E-state index is -0.368. The molecule has 22 heavy (non-hydrogen) atoms. The molecular weight excluding hydrogens is 280 g/mol. The molecule has 1 heterocycles. The van der Waals surface area contributed by atoms with E-state index in [2.05, 4.69) is 10.7 Å². The van der Waals surface area contributed by atoms with Gasteiger partial charge in [-0.2, -0.15) is 4.57 Å². The standard InChI is InChI=1S/C16H18N4O2/c1-11-4-3-5-12(2)15(11)18-14(21)10-20-8-6-13(7-9-20)16(22)19-17/h3-9,17H,10H2,1-2H3,(H2,18,21,22)/p+1. The highest BCUT2D eigenvalue weighted by atomic mass is 16.2. The molecule has 6 heteroatoms. The Hall–Kier alpha value is -2.73. The Morgan fingerprint density at radius 3 is 2.23 bits per heavy atom. The first-order valence-corrected chi connectivity index (χ1v) is 6.87. The Kier molecular flexibility index (Phi) is 4.85. The van der Waals surface area contributed by atoms with Crippen LogP contribution in [-0.4, -0.2) is 11.8 Å². The number of hydrogen-bond donors (Lipinski definition) is 3. The summed E-state index contributed by atoms with van der Waals surface area (Å²) in [4.78, 5) is 23.5. The molecule has 2 aromatic rings. The van der Waals surface area contributed by atoms with Crippen LogP contribution in [0.5, 0.6) is 0 Å². The summed E-state index contributed by atoms with van der Waals surface area (Å²) in [5.41, 5.74) is 5.38. The molecule has 0 unspecified atom stereocenters. The molecule has 0 aliphatic rings. The number of para-hydroxylation sites is 1. The molecule has 6 nitrogen and oxygen atoms in total. The maximum Gasteiger partial charge on any atom is 0.290 e. The van der Waals surface area contributed by atoms with Gasteiger partial charge >= 0.3 is 0 Å². The molecule has 4 N–H and O–H groups in total. The van der Waals surface area contributed by atoms with Gasteiger partial charge in [0, 0.05) is 17.8 Å². The van der Waals surface area contributed by atoms with Crippen molar-refractivity contribution < 1.29 is 14.2 Å². The number of anilines is 1. The van der Waals surface area contributed by atoms with Crippen LogP contribution in [0, 0.1) is 13.8 Å². The minimum Gasteiger partial charge on any atom is -0.320 e. The largest absolute Gasteiger partial charge is 0.320 e. The summed E-state index contributed by atoms with van der Waals surface area (Å²) in [5.74, 6) is 4.57. The first-order chi connectivity index (χ1) is 10.5. The Balaban J connectivity index is 2.05. The van der Waals surface area contributed by atoms with Gasteiger partial charge in [0.15, 0.2) is 12.4 Å². The molecular formula is C16H19N4O2+. The van der Waals surface area contributed by atoms with Gasteiger partial charge < -0.3 is 5.32 Å². The zero-order chi connectivity index (χ0) is 16.1. The average molecular weight is 299 g/mol. The summed E-state index contributed by atoms with van der Waals surface area (Å²) in [5, 5.41) is 2.92. The number of pyridine rings is 1. The second kappa shape index (κ2) is 6.82. The Labute approximate surface area is 128 Å². The molecule has 0 radical (unpaired) electrons. The molecule has 2 rings (SSSR count). The summed E-state index contributed by atoms with van der Waals surface area (Å²) < 4.78 is 1.69. The number of carbonyl (C=O) groups excluding carboxylic acids is 2. The lowest BCUT2D eigenvalue weighted by atomic mass is 10.1. The van der Waals surface area contributed by atoms with Crippen LogP contribution >= 0.6 is 0 Å². The molecule has 0 saturated heterocycles. The lowest BCUT2D eigenvalue weighted by Crippen LogP contribution is -2.40. The monoisotopic (exact) mass is 299 g/mol. The third-order valence-corrected chi connectivity index (χ3v) is 3.36. The zero-order valence-electron chi connectivity index (χ0n) is 12.6. The number of hydrogen-bond acceptors (Lipinski definition) is 3. The summed E-state index contributed by atoms with van der Waals surface area (Å²) >= 11 is 0. The number of carbonyl (C=O) groups is 2. The maximum atomic E-state index is 12.1. The molecule has 0 spiro atoms. The number of amides is 2. The second-order valence-electron chi connectivity index (χ2n) is 5.05. The average Bonchev–Trinajstić information content (AvgIpc) is 2.51. The third kappa shape index (κ3) is 3.67. The number of nitrogens with zero attached hydrogens (tertiary/aromatic N) is 1. The molecule has 0 aliphatic carbocycles. The molecule has 114 valence electrons. The van der Waals surface area contributed by atoms with Crippen molar-refractivity contribution in [1.29, 1.82) is 0 Å². The SMILES string of the molecule is Cc1cccc(C)c1NC(=O)C[n+]1ccc(C(=O)NN)cc1. The van der Waals surface area contributed by atoms with E-state index in [4.69, 9.17) is 5.84 Å². The van der Waals surface area contributed by atoms with Gasteiger partial charge in [0.05, 0.1) is 5.56 Å². The molecule has 0 aliphatic heterocycles. The van der Waals surface area contributed by atoms with Crippen LogP contribution in [0.2, 0.25) is 0 Å². The molecule has 1 aromatic heterocycles. The number of hydrazine groups is 1. The van der Waals surface area contributed by atoms with Crippen molar-refractivity contribution in [2.75, 3.05) is 5.32 Å². The van der Waals surface area contributed by atoms with Crippen molar-refractivity contribution in [1.82, 2.24) is 5.43 Å². The van der Waals surface area contributed by atoms with Crippen LogP contribution in [0.15, 0.2) is 42.7 Å². The minimum absolute atomic E-state index is 0.126. The van der Waals surface area contributed by atoms with Crippen molar-refractivity contribution in [2.45, 2.75) is 20.4 Å². The topological polar surface area (TPSA) is 88.1 Å². The van der Waals surface area contributed by atoms with Gasteiger partial charge in [0.25, 0.3) is 11.8 Å². The molecule has 1 aromatic carbocycles.